The fourth-order valence-electron chi connectivity index (χ4n) is 2.66. The van der Waals surface area contributed by atoms with Gasteiger partial charge in [-0.25, -0.2) is 0 Å². The molecule has 3 nitrogen and oxygen atoms in total. The van der Waals surface area contributed by atoms with Crippen LogP contribution >= 0.6 is 0 Å². The highest BCUT2D eigenvalue weighted by Gasteiger charge is 2.25. The van der Waals surface area contributed by atoms with E-state index in [0.717, 1.165) is 24.5 Å². The zero-order valence-corrected chi connectivity index (χ0v) is 10.9. The molecule has 1 aromatic carbocycles. The van der Waals surface area contributed by atoms with E-state index in [0.29, 0.717) is 6.10 Å². The van der Waals surface area contributed by atoms with Gasteiger partial charge in [0.2, 0.25) is 0 Å². The third-order valence-corrected chi connectivity index (χ3v) is 3.66. The summed E-state index contributed by atoms with van der Waals surface area (Å²) in [7, 11) is 0. The largest absolute Gasteiger partial charge is 0.459 e. The lowest BCUT2D eigenvalue weighted by Gasteiger charge is -2.08. The van der Waals surface area contributed by atoms with Crippen molar-refractivity contribution in [1.29, 1.82) is 0 Å². The summed E-state index contributed by atoms with van der Waals surface area (Å²) in [4.78, 5) is 4.53. The van der Waals surface area contributed by atoms with E-state index in [9.17, 15) is 0 Å². The van der Waals surface area contributed by atoms with Crippen LogP contribution in [0.15, 0.2) is 24.3 Å². The first-order valence-electron chi connectivity index (χ1n) is 7.00. The Morgan fingerprint density at radius 1 is 1.28 bits per heavy atom. The van der Waals surface area contributed by atoms with Gasteiger partial charge in [0.15, 0.2) is 0 Å². The van der Waals surface area contributed by atoms with E-state index in [2.05, 4.69) is 28.6 Å². The molecule has 0 saturated carbocycles. The first-order valence-corrected chi connectivity index (χ1v) is 7.00. The topological polar surface area (TPSA) is 27.1 Å². The van der Waals surface area contributed by atoms with Gasteiger partial charge >= 0.3 is 0 Å². The summed E-state index contributed by atoms with van der Waals surface area (Å²) in [5.74, 6) is 0. The lowest BCUT2D eigenvalue weighted by Crippen LogP contribution is -2.14. The van der Waals surface area contributed by atoms with Crippen molar-refractivity contribution < 1.29 is 4.74 Å². The smallest absolute Gasteiger partial charge is 0.297 e. The maximum atomic E-state index is 5.92. The molecule has 0 saturated heterocycles. The standard InChI is InChI=1S/C15H20N2O/c1-2-3-4-5-8-12-11-17-14-10-7-6-9-13(14)16-15(17)18-12/h6-7,9-10,12H,2-5,8,11H2,1H3/t12-/m1/s1. The van der Waals surface area contributed by atoms with Crippen LogP contribution in [-0.2, 0) is 6.54 Å². The van der Waals surface area contributed by atoms with Crippen molar-refractivity contribution in [3.8, 4) is 6.01 Å². The number of aromatic nitrogens is 2. The van der Waals surface area contributed by atoms with Crippen LogP contribution in [0.25, 0.3) is 11.0 Å². The Hall–Kier alpha value is -1.51. The molecule has 1 aromatic heterocycles. The molecule has 0 bridgehead atoms. The van der Waals surface area contributed by atoms with Crippen LogP contribution in [0.2, 0.25) is 0 Å². The number of imidazole rings is 1. The van der Waals surface area contributed by atoms with Gasteiger partial charge in [-0.05, 0) is 25.0 Å². The second-order valence-corrected chi connectivity index (χ2v) is 5.08. The monoisotopic (exact) mass is 244 g/mol. The Labute approximate surface area is 108 Å². The van der Waals surface area contributed by atoms with E-state index >= 15 is 0 Å². The zero-order valence-electron chi connectivity index (χ0n) is 10.9. The van der Waals surface area contributed by atoms with Gasteiger partial charge in [0.1, 0.15) is 6.10 Å². The number of benzene rings is 1. The van der Waals surface area contributed by atoms with Crippen LogP contribution in [0.1, 0.15) is 39.0 Å². The molecule has 0 spiro atoms. The van der Waals surface area contributed by atoms with Crippen LogP contribution in [0.4, 0.5) is 0 Å². The number of hydrogen-bond donors (Lipinski definition) is 0. The lowest BCUT2D eigenvalue weighted by atomic mass is 10.1. The van der Waals surface area contributed by atoms with Crippen molar-refractivity contribution in [3.05, 3.63) is 24.3 Å². The number of para-hydroxylation sites is 2. The second-order valence-electron chi connectivity index (χ2n) is 5.08. The van der Waals surface area contributed by atoms with Gasteiger partial charge in [0.05, 0.1) is 17.6 Å². The molecule has 0 radical (unpaired) electrons. The highest BCUT2D eigenvalue weighted by atomic mass is 16.5. The van der Waals surface area contributed by atoms with Crippen LogP contribution in [-0.4, -0.2) is 15.7 Å². The predicted octanol–water partition coefficient (Wildman–Crippen LogP) is 3.77. The first kappa shape index (κ1) is 11.6. The van der Waals surface area contributed by atoms with Gasteiger partial charge in [-0.15, -0.1) is 0 Å². The Kier molecular flexibility index (Phi) is 3.22. The highest BCUT2D eigenvalue weighted by Crippen LogP contribution is 2.29. The minimum absolute atomic E-state index is 0.328. The zero-order chi connectivity index (χ0) is 12.4. The molecule has 0 fully saturated rings. The van der Waals surface area contributed by atoms with Gasteiger partial charge in [-0.3, -0.25) is 4.57 Å². The fraction of sp³-hybridized carbons (Fsp3) is 0.533. The average molecular weight is 244 g/mol. The minimum Gasteiger partial charge on any atom is -0.459 e. The molecule has 1 atom stereocenters. The number of nitrogens with zero attached hydrogens (tertiary/aromatic N) is 2. The minimum atomic E-state index is 0.328. The Balaban J connectivity index is 1.65. The van der Waals surface area contributed by atoms with Crippen LogP contribution in [0, 0.1) is 0 Å². The maximum absolute atomic E-state index is 5.92. The van der Waals surface area contributed by atoms with Crippen molar-refractivity contribution in [2.45, 2.75) is 51.7 Å². The number of unbranched alkanes of at least 4 members (excludes halogenated alkanes) is 3. The van der Waals surface area contributed by atoms with Crippen molar-refractivity contribution in [2.24, 2.45) is 0 Å². The maximum Gasteiger partial charge on any atom is 0.297 e. The third kappa shape index (κ3) is 2.09. The van der Waals surface area contributed by atoms with Gasteiger partial charge in [-0.2, -0.15) is 4.98 Å². The molecule has 96 valence electrons. The Bertz CT molecular complexity index is 532. The molecule has 0 N–H and O–H groups in total. The molecule has 0 aliphatic carbocycles. The van der Waals surface area contributed by atoms with Gasteiger partial charge in [-0.1, -0.05) is 38.3 Å². The summed E-state index contributed by atoms with van der Waals surface area (Å²) in [6, 6.07) is 9.05. The summed E-state index contributed by atoms with van der Waals surface area (Å²) < 4.78 is 8.13. The molecule has 0 unspecified atom stereocenters. The van der Waals surface area contributed by atoms with Crippen molar-refractivity contribution >= 4 is 11.0 Å². The van der Waals surface area contributed by atoms with Crippen molar-refractivity contribution in [1.82, 2.24) is 9.55 Å². The molecule has 2 heterocycles. The number of fused-ring (bicyclic) bond motifs is 3. The summed E-state index contributed by atoms with van der Waals surface area (Å²) >= 11 is 0. The highest BCUT2D eigenvalue weighted by molar-refractivity contribution is 5.76. The summed E-state index contributed by atoms with van der Waals surface area (Å²) in [5, 5.41) is 0. The van der Waals surface area contributed by atoms with E-state index in [1.54, 1.807) is 0 Å². The van der Waals surface area contributed by atoms with Crippen LogP contribution in [0.3, 0.4) is 0 Å². The second kappa shape index (κ2) is 5.01. The average Bonchev–Trinajstić information content (AvgIpc) is 2.91. The SMILES string of the molecule is CCCCCC[C@@H]1Cn2c(nc3ccccc32)O1. The lowest BCUT2D eigenvalue weighted by molar-refractivity contribution is 0.209. The molecule has 2 aromatic rings. The van der Waals surface area contributed by atoms with Crippen LogP contribution < -0.4 is 4.74 Å². The normalized spacial score (nSPS) is 17.9. The van der Waals surface area contributed by atoms with E-state index in [1.807, 2.05) is 12.1 Å². The first-order chi connectivity index (χ1) is 8.88. The summed E-state index contributed by atoms with van der Waals surface area (Å²) in [6.07, 6.45) is 6.69. The molecule has 1 aliphatic rings. The van der Waals surface area contributed by atoms with Gasteiger partial charge < -0.3 is 4.74 Å². The summed E-state index contributed by atoms with van der Waals surface area (Å²) in [5.41, 5.74) is 2.24. The number of rotatable bonds is 5. The van der Waals surface area contributed by atoms with Crippen LogP contribution in [0.5, 0.6) is 6.01 Å². The molecular formula is C15H20N2O. The van der Waals surface area contributed by atoms with Crippen molar-refractivity contribution in [3.63, 3.8) is 0 Å². The fourth-order valence-corrected chi connectivity index (χ4v) is 2.66. The van der Waals surface area contributed by atoms with E-state index in [1.165, 1.54) is 31.2 Å². The predicted molar refractivity (Wildman–Crippen MR) is 72.9 cm³/mol. The molecular weight excluding hydrogens is 224 g/mol. The Morgan fingerprint density at radius 3 is 3.06 bits per heavy atom. The van der Waals surface area contributed by atoms with E-state index < -0.39 is 0 Å². The number of hydrogen-bond acceptors (Lipinski definition) is 2. The quantitative estimate of drug-likeness (QED) is 0.749. The van der Waals surface area contributed by atoms with Gasteiger partial charge in [0, 0.05) is 0 Å². The molecule has 3 rings (SSSR count). The molecule has 1 aliphatic heterocycles. The summed E-state index contributed by atoms with van der Waals surface area (Å²) in [6.45, 7) is 3.20. The Morgan fingerprint density at radius 2 is 2.17 bits per heavy atom. The third-order valence-electron chi connectivity index (χ3n) is 3.66. The molecule has 3 heteroatoms. The van der Waals surface area contributed by atoms with Crippen molar-refractivity contribution in [2.75, 3.05) is 0 Å². The number of ether oxygens (including phenoxy) is 1. The van der Waals surface area contributed by atoms with E-state index in [4.69, 9.17) is 4.74 Å². The molecule has 0 amide bonds. The van der Waals surface area contributed by atoms with E-state index in [-0.39, 0.29) is 0 Å². The molecule has 18 heavy (non-hydrogen) atoms. The van der Waals surface area contributed by atoms with Gasteiger partial charge in [0.25, 0.3) is 6.01 Å².